The highest BCUT2D eigenvalue weighted by Gasteiger charge is 2.15. The highest BCUT2D eigenvalue weighted by atomic mass is 35.5. The Balaban J connectivity index is 2.54. The lowest BCUT2D eigenvalue weighted by molar-refractivity contribution is 0.414. The second kappa shape index (κ2) is 8.53. The van der Waals surface area contributed by atoms with Crippen molar-refractivity contribution in [2.24, 2.45) is 5.92 Å². The summed E-state index contributed by atoms with van der Waals surface area (Å²) in [6, 6.07) is 7.82. The van der Waals surface area contributed by atoms with Crippen molar-refractivity contribution in [3.05, 3.63) is 29.8 Å². The lowest BCUT2D eigenvalue weighted by atomic mass is 9.99. The Morgan fingerprint density at radius 3 is 2.35 bits per heavy atom. The van der Waals surface area contributed by atoms with E-state index in [0.29, 0.717) is 18.7 Å². The minimum Gasteiger partial charge on any atom is -0.497 e. The van der Waals surface area contributed by atoms with E-state index in [-0.39, 0.29) is 17.4 Å². The fraction of sp³-hybridized carbons (Fsp3) is 0.600. The van der Waals surface area contributed by atoms with E-state index in [1.165, 1.54) is 0 Å². The van der Waals surface area contributed by atoms with Crippen LogP contribution in [0.2, 0.25) is 0 Å². The van der Waals surface area contributed by atoms with Crippen molar-refractivity contribution in [1.29, 1.82) is 0 Å². The summed E-state index contributed by atoms with van der Waals surface area (Å²) in [5.74, 6) is 1.99. The van der Waals surface area contributed by atoms with Crippen LogP contribution in [0.15, 0.2) is 24.3 Å². The van der Waals surface area contributed by atoms with Crippen LogP contribution >= 0.6 is 11.6 Å². The summed E-state index contributed by atoms with van der Waals surface area (Å²) < 4.78 is 28.6. The molecule has 1 rings (SSSR count). The normalized spacial score (nSPS) is 13.2. The minimum atomic E-state index is -2.92. The molecule has 0 aliphatic heterocycles. The summed E-state index contributed by atoms with van der Waals surface area (Å²) in [5.41, 5.74) is 1.16. The number of hydrogen-bond donors (Lipinski definition) is 0. The third kappa shape index (κ3) is 6.14. The number of alkyl halides is 1. The monoisotopic (exact) mass is 318 g/mol. The van der Waals surface area contributed by atoms with E-state index < -0.39 is 9.84 Å². The molecule has 0 spiro atoms. The molecule has 1 aromatic rings. The first-order chi connectivity index (χ1) is 9.50. The molecule has 0 aliphatic rings. The Hall–Kier alpha value is -0.740. The van der Waals surface area contributed by atoms with Crippen molar-refractivity contribution >= 4 is 21.4 Å². The maximum absolute atomic E-state index is 11.7. The number of hydrogen-bond acceptors (Lipinski definition) is 3. The minimum absolute atomic E-state index is 0.191. The SMILES string of the molecule is CCCS(=O)(=O)CCC(CCl)Cc1ccc(OC)cc1. The molecule has 1 aromatic carbocycles. The second-order valence-electron chi connectivity index (χ2n) is 5.01. The first-order valence-corrected chi connectivity index (χ1v) is 9.25. The van der Waals surface area contributed by atoms with Gasteiger partial charge in [0.1, 0.15) is 15.6 Å². The summed E-state index contributed by atoms with van der Waals surface area (Å²) in [5, 5.41) is 0. The van der Waals surface area contributed by atoms with Crippen LogP contribution in [0, 0.1) is 5.92 Å². The Kier molecular flexibility index (Phi) is 7.38. The van der Waals surface area contributed by atoms with Crippen molar-refractivity contribution in [1.82, 2.24) is 0 Å². The molecule has 0 bridgehead atoms. The standard InChI is InChI=1S/C15H23ClO3S/c1-3-9-20(17,18)10-8-14(12-16)11-13-4-6-15(19-2)7-5-13/h4-7,14H,3,8-12H2,1-2H3. The lowest BCUT2D eigenvalue weighted by Crippen LogP contribution is -2.16. The second-order valence-corrected chi connectivity index (χ2v) is 7.63. The molecule has 0 heterocycles. The Morgan fingerprint density at radius 2 is 1.85 bits per heavy atom. The Labute approximate surface area is 127 Å². The van der Waals surface area contributed by atoms with Crippen LogP contribution in [-0.4, -0.2) is 32.9 Å². The summed E-state index contributed by atoms with van der Waals surface area (Å²) in [6.07, 6.45) is 2.10. The van der Waals surface area contributed by atoms with Gasteiger partial charge in [-0.05, 0) is 42.9 Å². The van der Waals surface area contributed by atoms with Gasteiger partial charge in [-0.1, -0.05) is 19.1 Å². The van der Waals surface area contributed by atoms with Crippen LogP contribution in [-0.2, 0) is 16.3 Å². The fourth-order valence-corrected chi connectivity index (χ4v) is 3.87. The van der Waals surface area contributed by atoms with Crippen LogP contribution in [0.1, 0.15) is 25.3 Å². The zero-order chi connectivity index (χ0) is 15.0. The first kappa shape index (κ1) is 17.3. The van der Waals surface area contributed by atoms with Crippen molar-refractivity contribution in [2.45, 2.75) is 26.2 Å². The molecular formula is C15H23ClO3S. The van der Waals surface area contributed by atoms with Crippen molar-refractivity contribution in [3.8, 4) is 5.75 Å². The molecule has 5 heteroatoms. The van der Waals surface area contributed by atoms with Crippen molar-refractivity contribution < 1.29 is 13.2 Å². The third-order valence-corrected chi connectivity index (χ3v) is 5.58. The average molecular weight is 319 g/mol. The van der Waals surface area contributed by atoms with Crippen LogP contribution in [0.25, 0.3) is 0 Å². The maximum Gasteiger partial charge on any atom is 0.150 e. The smallest absolute Gasteiger partial charge is 0.150 e. The van der Waals surface area contributed by atoms with Gasteiger partial charge in [0.25, 0.3) is 0 Å². The Morgan fingerprint density at radius 1 is 1.20 bits per heavy atom. The third-order valence-electron chi connectivity index (χ3n) is 3.25. The van der Waals surface area contributed by atoms with Gasteiger partial charge in [-0.15, -0.1) is 11.6 Å². The summed E-state index contributed by atoms with van der Waals surface area (Å²) in [4.78, 5) is 0. The molecule has 0 amide bonds. The van der Waals surface area contributed by atoms with E-state index in [1.54, 1.807) is 7.11 Å². The van der Waals surface area contributed by atoms with Gasteiger partial charge >= 0.3 is 0 Å². The first-order valence-electron chi connectivity index (χ1n) is 6.90. The van der Waals surface area contributed by atoms with Gasteiger partial charge in [-0.3, -0.25) is 0 Å². The molecule has 20 heavy (non-hydrogen) atoms. The topological polar surface area (TPSA) is 43.4 Å². The Bertz CT molecular complexity index is 482. The quantitative estimate of drug-likeness (QED) is 0.656. The highest BCUT2D eigenvalue weighted by Crippen LogP contribution is 2.18. The summed E-state index contributed by atoms with van der Waals surface area (Å²) in [6.45, 7) is 1.88. The zero-order valence-corrected chi connectivity index (χ0v) is 13.7. The summed E-state index contributed by atoms with van der Waals surface area (Å²) in [7, 11) is -1.28. The number of methoxy groups -OCH3 is 1. The fourth-order valence-electron chi connectivity index (χ4n) is 2.09. The largest absolute Gasteiger partial charge is 0.497 e. The van der Waals surface area contributed by atoms with E-state index in [1.807, 2.05) is 31.2 Å². The van der Waals surface area contributed by atoms with Crippen LogP contribution in [0.4, 0.5) is 0 Å². The van der Waals surface area contributed by atoms with E-state index in [0.717, 1.165) is 17.7 Å². The van der Waals surface area contributed by atoms with Gasteiger partial charge in [0.15, 0.2) is 0 Å². The van der Waals surface area contributed by atoms with Gasteiger partial charge in [0.05, 0.1) is 12.9 Å². The van der Waals surface area contributed by atoms with Crippen LogP contribution < -0.4 is 4.74 Å². The molecule has 0 aromatic heterocycles. The van der Waals surface area contributed by atoms with Crippen molar-refractivity contribution in [3.63, 3.8) is 0 Å². The predicted molar refractivity (Wildman–Crippen MR) is 84.5 cm³/mol. The molecule has 0 fully saturated rings. The maximum atomic E-state index is 11.7. The van der Waals surface area contributed by atoms with Gasteiger partial charge in [-0.25, -0.2) is 8.42 Å². The molecule has 0 saturated carbocycles. The lowest BCUT2D eigenvalue weighted by Gasteiger charge is -2.14. The predicted octanol–water partition coefficient (Wildman–Crippen LogP) is 3.31. The van der Waals surface area contributed by atoms with Crippen molar-refractivity contribution in [2.75, 3.05) is 24.5 Å². The van der Waals surface area contributed by atoms with Crippen LogP contribution in [0.5, 0.6) is 5.75 Å². The molecule has 0 N–H and O–H groups in total. The molecule has 114 valence electrons. The van der Waals surface area contributed by atoms with E-state index in [4.69, 9.17) is 16.3 Å². The van der Waals surface area contributed by atoms with Gasteiger partial charge in [0.2, 0.25) is 0 Å². The van der Waals surface area contributed by atoms with Gasteiger partial charge in [-0.2, -0.15) is 0 Å². The van der Waals surface area contributed by atoms with E-state index in [9.17, 15) is 8.42 Å². The number of halogens is 1. The molecule has 3 nitrogen and oxygen atoms in total. The molecular weight excluding hydrogens is 296 g/mol. The van der Waals surface area contributed by atoms with Crippen LogP contribution in [0.3, 0.4) is 0 Å². The molecule has 0 radical (unpaired) electrons. The highest BCUT2D eigenvalue weighted by molar-refractivity contribution is 7.91. The summed E-state index contributed by atoms with van der Waals surface area (Å²) >= 11 is 5.96. The molecule has 1 unspecified atom stereocenters. The van der Waals surface area contributed by atoms with Gasteiger partial charge < -0.3 is 4.74 Å². The number of benzene rings is 1. The average Bonchev–Trinajstić information content (AvgIpc) is 2.44. The van der Waals surface area contributed by atoms with Gasteiger partial charge in [0, 0.05) is 11.6 Å². The number of sulfone groups is 1. The molecule has 0 aliphatic carbocycles. The zero-order valence-electron chi connectivity index (χ0n) is 12.1. The number of ether oxygens (including phenoxy) is 1. The van der Waals surface area contributed by atoms with E-state index in [2.05, 4.69) is 0 Å². The number of rotatable bonds is 9. The van der Waals surface area contributed by atoms with E-state index >= 15 is 0 Å². The molecule has 0 saturated heterocycles. The molecule has 1 atom stereocenters.